The van der Waals surface area contributed by atoms with Crippen LogP contribution in [0.25, 0.3) is 0 Å². The number of carbonyl (C=O) groups excluding carboxylic acids is 2. The molecule has 0 fully saturated rings. The summed E-state index contributed by atoms with van der Waals surface area (Å²) in [5, 5.41) is 2.68. The van der Waals surface area contributed by atoms with Crippen molar-refractivity contribution in [3.05, 3.63) is 59.4 Å². The number of amides is 1. The van der Waals surface area contributed by atoms with Gasteiger partial charge in [-0.3, -0.25) is 4.79 Å². The summed E-state index contributed by atoms with van der Waals surface area (Å²) < 4.78 is 23.6. The number of esters is 1. The van der Waals surface area contributed by atoms with E-state index in [1.54, 1.807) is 12.1 Å². The molecule has 0 aliphatic carbocycles. The molecule has 26 heavy (non-hydrogen) atoms. The second-order valence-electron chi connectivity index (χ2n) is 6.16. The fourth-order valence-corrected chi connectivity index (χ4v) is 2.27. The van der Waals surface area contributed by atoms with Crippen LogP contribution in [0, 0.1) is 5.82 Å². The summed E-state index contributed by atoms with van der Waals surface area (Å²) in [5.41, 5.74) is 1.77. The molecule has 5 nitrogen and oxygen atoms in total. The van der Waals surface area contributed by atoms with E-state index in [0.717, 1.165) is 11.6 Å². The number of halogens is 1. The van der Waals surface area contributed by atoms with Crippen molar-refractivity contribution >= 4 is 17.6 Å². The van der Waals surface area contributed by atoms with Gasteiger partial charge in [0.05, 0.1) is 12.7 Å². The molecule has 0 aromatic heterocycles. The summed E-state index contributed by atoms with van der Waals surface area (Å²) >= 11 is 0. The van der Waals surface area contributed by atoms with Crippen LogP contribution in [0.4, 0.5) is 10.1 Å². The molecular weight excluding hydrogens is 337 g/mol. The first-order chi connectivity index (χ1) is 12.3. The number of hydrogen-bond donors (Lipinski definition) is 1. The van der Waals surface area contributed by atoms with Crippen molar-refractivity contribution < 1.29 is 23.5 Å². The second kappa shape index (κ2) is 8.47. The predicted molar refractivity (Wildman–Crippen MR) is 97.0 cm³/mol. The van der Waals surface area contributed by atoms with E-state index in [-0.39, 0.29) is 11.3 Å². The molecule has 1 amide bonds. The normalized spacial score (nSPS) is 11.8. The summed E-state index contributed by atoms with van der Waals surface area (Å²) in [4.78, 5) is 24.3. The highest BCUT2D eigenvalue weighted by Crippen LogP contribution is 2.19. The van der Waals surface area contributed by atoms with Gasteiger partial charge in [-0.25, -0.2) is 9.18 Å². The predicted octanol–water partition coefficient (Wildman–Crippen LogP) is 4.14. The third kappa shape index (κ3) is 4.81. The van der Waals surface area contributed by atoms with Crippen LogP contribution in [0.3, 0.4) is 0 Å². The molecule has 2 rings (SSSR count). The van der Waals surface area contributed by atoms with Crippen molar-refractivity contribution in [3.8, 4) is 5.75 Å². The van der Waals surface area contributed by atoms with Crippen LogP contribution < -0.4 is 10.1 Å². The van der Waals surface area contributed by atoms with Gasteiger partial charge in [0.2, 0.25) is 0 Å². The lowest BCUT2D eigenvalue weighted by Crippen LogP contribution is -2.30. The van der Waals surface area contributed by atoms with Crippen molar-refractivity contribution in [3.63, 3.8) is 0 Å². The van der Waals surface area contributed by atoms with Crippen LogP contribution in [-0.4, -0.2) is 25.1 Å². The molecule has 0 saturated carbocycles. The van der Waals surface area contributed by atoms with Gasteiger partial charge in [0, 0.05) is 5.69 Å². The lowest BCUT2D eigenvalue weighted by molar-refractivity contribution is -0.123. The number of methoxy groups -OCH3 is 1. The standard InChI is InChI=1S/C20H22FNO4/c1-12(2)14-5-8-16(9-6-14)22-19(23)13(3)26-20(24)15-7-10-18(25-4)17(21)11-15/h5-13H,1-4H3,(H,22,23)/t13-/m1/s1. The van der Waals surface area contributed by atoms with Crippen molar-refractivity contribution in [2.24, 2.45) is 0 Å². The molecule has 0 unspecified atom stereocenters. The Bertz CT molecular complexity index is 787. The summed E-state index contributed by atoms with van der Waals surface area (Å²) in [6.07, 6.45) is -1.03. The highest BCUT2D eigenvalue weighted by molar-refractivity contribution is 5.97. The number of anilines is 1. The van der Waals surface area contributed by atoms with Crippen molar-refractivity contribution in [2.75, 3.05) is 12.4 Å². The van der Waals surface area contributed by atoms with Gasteiger partial charge in [-0.15, -0.1) is 0 Å². The van der Waals surface area contributed by atoms with E-state index in [0.29, 0.717) is 11.6 Å². The first kappa shape index (κ1) is 19.4. The Kier molecular flexibility index (Phi) is 6.33. The topological polar surface area (TPSA) is 64.6 Å². The number of nitrogens with one attached hydrogen (secondary N) is 1. The fraction of sp³-hybridized carbons (Fsp3) is 0.300. The number of benzene rings is 2. The molecule has 0 aliphatic heterocycles. The van der Waals surface area contributed by atoms with Gasteiger partial charge in [-0.2, -0.15) is 0 Å². The van der Waals surface area contributed by atoms with Gasteiger partial charge in [0.1, 0.15) is 0 Å². The number of hydrogen-bond acceptors (Lipinski definition) is 4. The Morgan fingerprint density at radius 2 is 1.69 bits per heavy atom. The third-order valence-electron chi connectivity index (χ3n) is 3.89. The van der Waals surface area contributed by atoms with Gasteiger partial charge >= 0.3 is 5.97 Å². The molecule has 0 aliphatic rings. The quantitative estimate of drug-likeness (QED) is 0.787. The lowest BCUT2D eigenvalue weighted by atomic mass is 10.0. The highest BCUT2D eigenvalue weighted by Gasteiger charge is 2.20. The van der Waals surface area contributed by atoms with E-state index in [2.05, 4.69) is 19.2 Å². The Hall–Kier alpha value is -2.89. The zero-order valence-corrected chi connectivity index (χ0v) is 15.2. The molecule has 0 saturated heterocycles. The summed E-state index contributed by atoms with van der Waals surface area (Å²) in [7, 11) is 1.33. The molecule has 1 atom stereocenters. The first-order valence-electron chi connectivity index (χ1n) is 8.27. The maximum atomic E-state index is 13.7. The van der Waals surface area contributed by atoms with Gasteiger partial charge in [0.15, 0.2) is 17.7 Å². The summed E-state index contributed by atoms with van der Waals surface area (Å²) in [6.45, 7) is 5.61. The lowest BCUT2D eigenvalue weighted by Gasteiger charge is -2.14. The Labute approximate surface area is 152 Å². The van der Waals surface area contributed by atoms with Crippen LogP contribution in [-0.2, 0) is 9.53 Å². The molecule has 6 heteroatoms. The van der Waals surface area contributed by atoms with E-state index in [9.17, 15) is 14.0 Å². The maximum Gasteiger partial charge on any atom is 0.339 e. The van der Waals surface area contributed by atoms with E-state index in [1.165, 1.54) is 26.2 Å². The molecular formula is C20H22FNO4. The van der Waals surface area contributed by atoms with Gasteiger partial charge in [-0.1, -0.05) is 26.0 Å². The minimum absolute atomic E-state index is 0.00392. The number of carbonyl (C=O) groups is 2. The molecule has 138 valence electrons. The number of rotatable bonds is 6. The van der Waals surface area contributed by atoms with Crippen LogP contribution >= 0.6 is 0 Å². The van der Waals surface area contributed by atoms with E-state index in [4.69, 9.17) is 9.47 Å². The van der Waals surface area contributed by atoms with Crippen LogP contribution in [0.5, 0.6) is 5.75 Å². The molecule has 2 aromatic carbocycles. The minimum Gasteiger partial charge on any atom is -0.494 e. The van der Waals surface area contributed by atoms with E-state index in [1.807, 2.05) is 12.1 Å². The zero-order chi connectivity index (χ0) is 19.3. The van der Waals surface area contributed by atoms with Gasteiger partial charge in [-0.05, 0) is 48.7 Å². The van der Waals surface area contributed by atoms with Crippen LogP contribution in [0.15, 0.2) is 42.5 Å². The fourth-order valence-electron chi connectivity index (χ4n) is 2.27. The SMILES string of the molecule is COc1ccc(C(=O)O[C@H](C)C(=O)Nc2ccc(C(C)C)cc2)cc1F. The molecule has 0 heterocycles. The van der Waals surface area contributed by atoms with E-state index >= 15 is 0 Å². The van der Waals surface area contributed by atoms with Crippen molar-refractivity contribution in [1.29, 1.82) is 0 Å². The van der Waals surface area contributed by atoms with Crippen LogP contribution in [0.1, 0.15) is 42.6 Å². The monoisotopic (exact) mass is 359 g/mol. The zero-order valence-electron chi connectivity index (χ0n) is 15.2. The summed E-state index contributed by atoms with van der Waals surface area (Å²) in [6, 6.07) is 11.2. The van der Waals surface area contributed by atoms with E-state index < -0.39 is 23.8 Å². The average molecular weight is 359 g/mol. The van der Waals surface area contributed by atoms with Crippen molar-refractivity contribution in [2.45, 2.75) is 32.8 Å². The molecule has 1 N–H and O–H groups in total. The molecule has 0 spiro atoms. The average Bonchev–Trinajstić information content (AvgIpc) is 2.61. The molecule has 0 radical (unpaired) electrons. The largest absolute Gasteiger partial charge is 0.494 e. The Balaban J connectivity index is 1.97. The van der Waals surface area contributed by atoms with Gasteiger partial charge < -0.3 is 14.8 Å². The smallest absolute Gasteiger partial charge is 0.339 e. The second-order valence-corrected chi connectivity index (χ2v) is 6.16. The maximum absolute atomic E-state index is 13.7. The Morgan fingerprint density at radius 3 is 2.23 bits per heavy atom. The minimum atomic E-state index is -1.03. The molecule has 0 bridgehead atoms. The Morgan fingerprint density at radius 1 is 1.04 bits per heavy atom. The molecule has 2 aromatic rings. The summed E-state index contributed by atoms with van der Waals surface area (Å²) in [5.74, 6) is -1.51. The van der Waals surface area contributed by atoms with Gasteiger partial charge in [0.25, 0.3) is 5.91 Å². The van der Waals surface area contributed by atoms with Crippen LogP contribution in [0.2, 0.25) is 0 Å². The third-order valence-corrected chi connectivity index (χ3v) is 3.89. The van der Waals surface area contributed by atoms with Crippen molar-refractivity contribution in [1.82, 2.24) is 0 Å². The first-order valence-corrected chi connectivity index (χ1v) is 8.27. The number of ether oxygens (including phenoxy) is 2. The highest BCUT2D eigenvalue weighted by atomic mass is 19.1.